The molecule has 3 nitrogen and oxygen atoms in total. The van der Waals surface area contributed by atoms with Crippen molar-refractivity contribution in [2.45, 2.75) is 25.8 Å². The van der Waals surface area contributed by atoms with Gasteiger partial charge in [0.25, 0.3) is 0 Å². The van der Waals surface area contributed by atoms with Crippen LogP contribution < -0.4 is 10.1 Å². The van der Waals surface area contributed by atoms with E-state index in [1.807, 2.05) is 49.4 Å². The Bertz CT molecular complexity index is 768. The molecular weight excluding hydrogens is 366 g/mol. The minimum absolute atomic E-state index is 0.0508. The number of carbonyl (C=O) groups excluding carboxylic acids is 1. The van der Waals surface area contributed by atoms with Gasteiger partial charge in [-0.05, 0) is 48.4 Å². The second-order valence-corrected chi connectivity index (χ2v) is 7.04. The van der Waals surface area contributed by atoms with Crippen LogP contribution in [0.2, 0.25) is 0 Å². The lowest BCUT2D eigenvalue weighted by atomic mass is 9.98. The van der Waals surface area contributed by atoms with Gasteiger partial charge >= 0.3 is 0 Å². The highest BCUT2D eigenvalue weighted by atomic mass is 79.9. The number of hydrogen-bond donors (Lipinski definition) is 1. The minimum Gasteiger partial charge on any atom is -0.493 e. The van der Waals surface area contributed by atoms with Gasteiger partial charge < -0.3 is 10.1 Å². The number of halogens is 1. The van der Waals surface area contributed by atoms with E-state index in [2.05, 4.69) is 34.2 Å². The molecule has 1 aliphatic heterocycles. The van der Waals surface area contributed by atoms with Crippen molar-refractivity contribution in [1.82, 2.24) is 5.32 Å². The summed E-state index contributed by atoms with van der Waals surface area (Å²) in [6.45, 7) is 4.88. The van der Waals surface area contributed by atoms with Gasteiger partial charge in [0, 0.05) is 22.0 Å². The zero-order chi connectivity index (χ0) is 17.1. The molecule has 24 heavy (non-hydrogen) atoms. The lowest BCUT2D eigenvalue weighted by Gasteiger charge is -2.14. The summed E-state index contributed by atoms with van der Waals surface area (Å²) in [4.78, 5) is 12.1. The molecular formula is C20H20BrNO2. The van der Waals surface area contributed by atoms with E-state index in [-0.39, 0.29) is 11.9 Å². The average Bonchev–Trinajstić information content (AvgIpc) is 2.95. The van der Waals surface area contributed by atoms with E-state index in [0.29, 0.717) is 5.92 Å². The van der Waals surface area contributed by atoms with Crippen LogP contribution in [0, 0.1) is 0 Å². The molecule has 0 bridgehead atoms. The predicted octanol–water partition coefficient (Wildman–Crippen LogP) is 4.84. The van der Waals surface area contributed by atoms with Gasteiger partial charge in [0.1, 0.15) is 5.75 Å². The van der Waals surface area contributed by atoms with Crippen molar-refractivity contribution in [3.63, 3.8) is 0 Å². The third-order valence-electron chi connectivity index (χ3n) is 4.21. The van der Waals surface area contributed by atoms with Crippen LogP contribution in [0.3, 0.4) is 0 Å². The number of hydrogen-bond acceptors (Lipinski definition) is 2. The molecule has 0 aromatic heterocycles. The Kier molecular flexibility index (Phi) is 5.05. The Hall–Kier alpha value is -2.07. The molecule has 0 radical (unpaired) electrons. The molecule has 0 fully saturated rings. The van der Waals surface area contributed by atoms with Crippen LogP contribution in [0.25, 0.3) is 6.08 Å². The van der Waals surface area contributed by atoms with Crippen molar-refractivity contribution in [3.05, 3.63) is 69.7 Å². The molecule has 0 aliphatic carbocycles. The second kappa shape index (κ2) is 7.22. The summed E-state index contributed by atoms with van der Waals surface area (Å²) in [7, 11) is 0. The fraction of sp³-hybridized carbons (Fsp3) is 0.250. The quantitative estimate of drug-likeness (QED) is 0.764. The van der Waals surface area contributed by atoms with E-state index in [1.54, 1.807) is 6.08 Å². The van der Waals surface area contributed by atoms with Crippen molar-refractivity contribution in [2.24, 2.45) is 0 Å². The smallest absolute Gasteiger partial charge is 0.244 e. The molecule has 1 N–H and O–H groups in total. The first-order valence-electron chi connectivity index (χ1n) is 8.03. The first-order valence-corrected chi connectivity index (χ1v) is 8.83. The zero-order valence-corrected chi connectivity index (χ0v) is 15.3. The van der Waals surface area contributed by atoms with E-state index < -0.39 is 0 Å². The number of fused-ring (bicyclic) bond motifs is 1. The Morgan fingerprint density at radius 1 is 1.29 bits per heavy atom. The third-order valence-corrected chi connectivity index (χ3v) is 4.74. The molecule has 1 heterocycles. The van der Waals surface area contributed by atoms with Gasteiger partial charge in [-0.2, -0.15) is 0 Å². The Labute approximate surface area is 150 Å². The van der Waals surface area contributed by atoms with Crippen LogP contribution in [0.4, 0.5) is 0 Å². The maximum atomic E-state index is 12.1. The summed E-state index contributed by atoms with van der Waals surface area (Å²) in [6, 6.07) is 13.9. The molecule has 2 aromatic carbocycles. The normalized spacial score (nSPS) is 17.4. The van der Waals surface area contributed by atoms with E-state index in [4.69, 9.17) is 4.74 Å². The van der Waals surface area contributed by atoms with Gasteiger partial charge in [-0.25, -0.2) is 0 Å². The van der Waals surface area contributed by atoms with Crippen molar-refractivity contribution < 1.29 is 9.53 Å². The van der Waals surface area contributed by atoms with E-state index in [1.165, 1.54) is 5.56 Å². The van der Waals surface area contributed by atoms with Crippen molar-refractivity contribution in [1.29, 1.82) is 0 Å². The third kappa shape index (κ3) is 3.88. The number of benzene rings is 2. The monoisotopic (exact) mass is 385 g/mol. The maximum absolute atomic E-state index is 12.1. The van der Waals surface area contributed by atoms with Crippen LogP contribution in [0.1, 0.15) is 42.5 Å². The summed E-state index contributed by atoms with van der Waals surface area (Å²) in [5.74, 6) is 1.26. The summed E-state index contributed by atoms with van der Waals surface area (Å²) in [5.41, 5.74) is 3.31. The fourth-order valence-electron chi connectivity index (χ4n) is 2.75. The van der Waals surface area contributed by atoms with Gasteiger partial charge in [-0.15, -0.1) is 0 Å². The topological polar surface area (TPSA) is 38.3 Å². The molecule has 0 saturated heterocycles. The van der Waals surface area contributed by atoms with Crippen LogP contribution >= 0.6 is 15.9 Å². The Balaban J connectivity index is 1.64. The summed E-state index contributed by atoms with van der Waals surface area (Å²) < 4.78 is 6.64. The fourth-order valence-corrected chi connectivity index (χ4v) is 3.01. The number of rotatable bonds is 4. The first-order chi connectivity index (χ1) is 11.5. The van der Waals surface area contributed by atoms with Gasteiger partial charge in [-0.3, -0.25) is 4.79 Å². The van der Waals surface area contributed by atoms with Gasteiger partial charge in [-0.1, -0.05) is 41.1 Å². The molecule has 2 aromatic rings. The molecule has 0 spiro atoms. The molecule has 1 amide bonds. The molecule has 1 aliphatic rings. The second-order valence-electron chi connectivity index (χ2n) is 6.12. The van der Waals surface area contributed by atoms with Gasteiger partial charge in [0.2, 0.25) is 5.91 Å². The largest absolute Gasteiger partial charge is 0.493 e. The Morgan fingerprint density at radius 3 is 2.79 bits per heavy atom. The number of amides is 1. The van der Waals surface area contributed by atoms with E-state index in [9.17, 15) is 4.79 Å². The van der Waals surface area contributed by atoms with E-state index >= 15 is 0 Å². The summed E-state index contributed by atoms with van der Waals surface area (Å²) in [5, 5.41) is 3.01. The van der Waals surface area contributed by atoms with Crippen LogP contribution in [0.5, 0.6) is 5.75 Å². The Morgan fingerprint density at radius 2 is 2.04 bits per heavy atom. The lowest BCUT2D eigenvalue weighted by molar-refractivity contribution is -0.117. The lowest BCUT2D eigenvalue weighted by Crippen LogP contribution is -2.24. The predicted molar refractivity (Wildman–Crippen MR) is 100 cm³/mol. The molecule has 0 saturated carbocycles. The number of nitrogens with one attached hydrogen (secondary N) is 1. The molecule has 3 rings (SSSR count). The van der Waals surface area contributed by atoms with Gasteiger partial charge in [0.15, 0.2) is 0 Å². The molecule has 124 valence electrons. The van der Waals surface area contributed by atoms with Crippen molar-refractivity contribution in [3.8, 4) is 5.75 Å². The van der Waals surface area contributed by atoms with Crippen LogP contribution in [-0.2, 0) is 4.79 Å². The molecule has 2 unspecified atom stereocenters. The maximum Gasteiger partial charge on any atom is 0.244 e. The number of carbonyl (C=O) groups is 1. The standard InChI is InChI=1S/C20H20BrNO2/c1-13-12-24-19-9-6-16(11-18(13)19)14(2)22-20(23)10-5-15-3-7-17(21)8-4-15/h3-11,13-14H,12H2,1-2H3,(H,22,23)/b10-5+. The van der Waals surface area contributed by atoms with Crippen molar-refractivity contribution >= 4 is 27.9 Å². The number of ether oxygens (including phenoxy) is 1. The molecule has 2 atom stereocenters. The minimum atomic E-state index is -0.102. The van der Waals surface area contributed by atoms with E-state index in [0.717, 1.165) is 28.0 Å². The highest BCUT2D eigenvalue weighted by Gasteiger charge is 2.21. The van der Waals surface area contributed by atoms with Crippen LogP contribution in [-0.4, -0.2) is 12.5 Å². The zero-order valence-electron chi connectivity index (χ0n) is 13.8. The highest BCUT2D eigenvalue weighted by molar-refractivity contribution is 9.10. The summed E-state index contributed by atoms with van der Waals surface area (Å²) >= 11 is 3.40. The van der Waals surface area contributed by atoms with Gasteiger partial charge in [0.05, 0.1) is 12.6 Å². The van der Waals surface area contributed by atoms with Crippen LogP contribution in [0.15, 0.2) is 53.0 Å². The SMILES string of the molecule is CC1COc2ccc(C(C)NC(=O)/C=C/c3ccc(Br)cc3)cc21. The highest BCUT2D eigenvalue weighted by Crippen LogP contribution is 2.35. The first kappa shape index (κ1) is 16.8. The summed E-state index contributed by atoms with van der Waals surface area (Å²) in [6.07, 6.45) is 3.38. The average molecular weight is 386 g/mol. The molecule has 4 heteroatoms. The van der Waals surface area contributed by atoms with Crippen molar-refractivity contribution in [2.75, 3.05) is 6.61 Å².